The number of hydrogen-bond donors (Lipinski definition) is 2. The van der Waals surface area contributed by atoms with E-state index in [1.165, 1.54) is 12.1 Å². The number of hydrogen-bond acceptors (Lipinski definition) is 4. The van der Waals surface area contributed by atoms with Gasteiger partial charge in [0.15, 0.2) is 0 Å². The SMILES string of the molecule is CNCCNC(=O)c1ccc(S(=O)(=O)C(F)F)cc1. The van der Waals surface area contributed by atoms with Gasteiger partial charge in [-0.15, -0.1) is 0 Å². The lowest BCUT2D eigenvalue weighted by Crippen LogP contribution is -2.30. The molecule has 19 heavy (non-hydrogen) atoms. The molecule has 2 N–H and O–H groups in total. The molecule has 0 bridgehead atoms. The maximum absolute atomic E-state index is 12.3. The van der Waals surface area contributed by atoms with Crippen LogP contribution in [0.5, 0.6) is 0 Å². The Hall–Kier alpha value is -1.54. The minimum atomic E-state index is -4.62. The molecule has 0 aliphatic carbocycles. The van der Waals surface area contributed by atoms with Crippen molar-refractivity contribution in [2.45, 2.75) is 10.7 Å². The van der Waals surface area contributed by atoms with Crippen molar-refractivity contribution < 1.29 is 22.0 Å². The average molecular weight is 292 g/mol. The van der Waals surface area contributed by atoms with Crippen molar-refractivity contribution >= 4 is 15.7 Å². The molecule has 0 atom stereocenters. The molecule has 0 saturated carbocycles. The van der Waals surface area contributed by atoms with Crippen molar-refractivity contribution in [1.82, 2.24) is 10.6 Å². The van der Waals surface area contributed by atoms with Gasteiger partial charge < -0.3 is 10.6 Å². The van der Waals surface area contributed by atoms with E-state index >= 15 is 0 Å². The van der Waals surface area contributed by atoms with Crippen LogP contribution in [-0.2, 0) is 9.84 Å². The zero-order valence-corrected chi connectivity index (χ0v) is 11.0. The van der Waals surface area contributed by atoms with E-state index < -0.39 is 26.4 Å². The number of benzene rings is 1. The van der Waals surface area contributed by atoms with Crippen LogP contribution in [0.15, 0.2) is 29.2 Å². The molecule has 0 spiro atoms. The summed E-state index contributed by atoms with van der Waals surface area (Å²) in [6, 6.07) is 4.39. The standard InChI is InChI=1S/C11H14F2N2O3S/c1-14-6-7-15-10(16)8-2-4-9(5-3-8)19(17,18)11(12)13/h2-5,11,14H,6-7H2,1H3,(H,15,16). The first-order valence-corrected chi connectivity index (χ1v) is 6.99. The minimum Gasteiger partial charge on any atom is -0.351 e. The summed E-state index contributed by atoms with van der Waals surface area (Å²) in [4.78, 5) is 11.1. The molecule has 1 amide bonds. The van der Waals surface area contributed by atoms with E-state index in [9.17, 15) is 22.0 Å². The maximum Gasteiger partial charge on any atom is 0.341 e. The van der Waals surface area contributed by atoms with Gasteiger partial charge in [0.25, 0.3) is 5.91 Å². The predicted octanol–water partition coefficient (Wildman–Crippen LogP) is 0.632. The van der Waals surface area contributed by atoms with Crippen LogP contribution in [0.1, 0.15) is 10.4 Å². The fourth-order valence-corrected chi connectivity index (χ4v) is 2.02. The first-order valence-electron chi connectivity index (χ1n) is 5.44. The van der Waals surface area contributed by atoms with Gasteiger partial charge in [0.1, 0.15) is 0 Å². The van der Waals surface area contributed by atoms with Crippen LogP contribution in [0.25, 0.3) is 0 Å². The van der Waals surface area contributed by atoms with E-state index in [0.29, 0.717) is 13.1 Å². The van der Waals surface area contributed by atoms with E-state index in [2.05, 4.69) is 10.6 Å². The monoisotopic (exact) mass is 292 g/mol. The van der Waals surface area contributed by atoms with E-state index in [1.54, 1.807) is 7.05 Å². The third kappa shape index (κ3) is 3.97. The predicted molar refractivity (Wildman–Crippen MR) is 65.9 cm³/mol. The van der Waals surface area contributed by atoms with Crippen LogP contribution in [0.4, 0.5) is 8.78 Å². The van der Waals surface area contributed by atoms with Gasteiger partial charge in [-0.25, -0.2) is 8.42 Å². The summed E-state index contributed by atoms with van der Waals surface area (Å²) in [6.07, 6.45) is 0. The summed E-state index contributed by atoms with van der Waals surface area (Å²) < 4.78 is 46.9. The number of likely N-dealkylation sites (N-methyl/N-ethyl adjacent to an activating group) is 1. The highest BCUT2D eigenvalue weighted by molar-refractivity contribution is 7.91. The first-order chi connectivity index (χ1) is 8.89. The molecule has 0 aromatic heterocycles. The number of amides is 1. The molecule has 0 aliphatic rings. The highest BCUT2D eigenvalue weighted by Crippen LogP contribution is 2.18. The molecule has 1 aromatic carbocycles. The normalized spacial score (nSPS) is 11.6. The van der Waals surface area contributed by atoms with Crippen LogP contribution in [0.2, 0.25) is 0 Å². The minimum absolute atomic E-state index is 0.212. The smallest absolute Gasteiger partial charge is 0.341 e. The van der Waals surface area contributed by atoms with Crippen molar-refractivity contribution in [3.05, 3.63) is 29.8 Å². The zero-order chi connectivity index (χ0) is 14.5. The fraction of sp³-hybridized carbons (Fsp3) is 0.364. The summed E-state index contributed by atoms with van der Waals surface area (Å²) in [7, 11) is -2.88. The maximum atomic E-state index is 12.3. The van der Waals surface area contributed by atoms with Crippen molar-refractivity contribution in [2.24, 2.45) is 0 Å². The van der Waals surface area contributed by atoms with Crippen LogP contribution >= 0.6 is 0 Å². The second-order valence-electron chi connectivity index (χ2n) is 3.69. The summed E-state index contributed by atoms with van der Waals surface area (Å²) in [5, 5.41) is 5.42. The average Bonchev–Trinajstić information content (AvgIpc) is 2.39. The van der Waals surface area contributed by atoms with Crippen molar-refractivity contribution in [1.29, 1.82) is 0 Å². The molecule has 1 aromatic rings. The fourth-order valence-electron chi connectivity index (χ4n) is 1.30. The third-order valence-electron chi connectivity index (χ3n) is 2.34. The van der Waals surface area contributed by atoms with Gasteiger partial charge in [-0.1, -0.05) is 0 Å². The van der Waals surface area contributed by atoms with Crippen molar-refractivity contribution in [2.75, 3.05) is 20.1 Å². The molecule has 106 valence electrons. The Morgan fingerprint density at radius 1 is 1.21 bits per heavy atom. The van der Waals surface area contributed by atoms with Gasteiger partial charge in [-0.05, 0) is 31.3 Å². The van der Waals surface area contributed by atoms with Crippen molar-refractivity contribution in [3.63, 3.8) is 0 Å². The lowest BCUT2D eigenvalue weighted by atomic mass is 10.2. The second-order valence-corrected chi connectivity index (χ2v) is 5.61. The van der Waals surface area contributed by atoms with Gasteiger partial charge >= 0.3 is 5.76 Å². The quantitative estimate of drug-likeness (QED) is 0.754. The van der Waals surface area contributed by atoms with E-state index in [1.807, 2.05) is 0 Å². The van der Waals surface area contributed by atoms with Gasteiger partial charge in [0.05, 0.1) is 4.90 Å². The second kappa shape index (κ2) is 6.58. The molecule has 0 heterocycles. The molecule has 8 heteroatoms. The highest BCUT2D eigenvalue weighted by Gasteiger charge is 2.26. The molecular formula is C11H14F2N2O3S. The number of sulfone groups is 1. The number of halogens is 2. The summed E-state index contributed by atoms with van der Waals surface area (Å²) in [6.45, 7) is 0.996. The Morgan fingerprint density at radius 2 is 1.79 bits per heavy atom. The zero-order valence-electron chi connectivity index (χ0n) is 10.2. The number of alkyl halides is 2. The molecule has 0 aliphatic heterocycles. The Labute approximate surface area is 109 Å². The Balaban J connectivity index is 2.80. The number of rotatable bonds is 6. The summed E-state index contributed by atoms with van der Waals surface area (Å²) in [5.41, 5.74) is 0.212. The lowest BCUT2D eigenvalue weighted by molar-refractivity contribution is 0.0954. The van der Waals surface area contributed by atoms with Gasteiger partial charge in [-0.2, -0.15) is 8.78 Å². The highest BCUT2D eigenvalue weighted by atomic mass is 32.2. The van der Waals surface area contributed by atoms with Crippen LogP contribution in [0, 0.1) is 0 Å². The molecule has 0 radical (unpaired) electrons. The van der Waals surface area contributed by atoms with E-state index in [-0.39, 0.29) is 5.56 Å². The van der Waals surface area contributed by atoms with Crippen LogP contribution < -0.4 is 10.6 Å². The van der Waals surface area contributed by atoms with E-state index in [0.717, 1.165) is 12.1 Å². The van der Waals surface area contributed by atoms with Crippen LogP contribution in [-0.4, -0.2) is 40.2 Å². The van der Waals surface area contributed by atoms with Gasteiger partial charge in [0.2, 0.25) is 9.84 Å². The van der Waals surface area contributed by atoms with E-state index in [4.69, 9.17) is 0 Å². The largest absolute Gasteiger partial charge is 0.351 e. The topological polar surface area (TPSA) is 75.3 Å². The summed E-state index contributed by atoms with van der Waals surface area (Å²) in [5.74, 6) is -3.86. The molecule has 0 saturated heterocycles. The van der Waals surface area contributed by atoms with Gasteiger partial charge in [-0.3, -0.25) is 4.79 Å². The molecular weight excluding hydrogens is 278 g/mol. The Morgan fingerprint density at radius 3 is 2.26 bits per heavy atom. The number of nitrogens with one attached hydrogen (secondary N) is 2. The molecule has 5 nitrogen and oxygen atoms in total. The number of carbonyl (C=O) groups is 1. The Kier molecular flexibility index (Phi) is 5.37. The van der Waals surface area contributed by atoms with Crippen molar-refractivity contribution in [3.8, 4) is 0 Å². The summed E-state index contributed by atoms with van der Waals surface area (Å²) >= 11 is 0. The van der Waals surface area contributed by atoms with Crippen LogP contribution in [0.3, 0.4) is 0 Å². The molecule has 1 rings (SSSR count). The molecule has 0 unspecified atom stereocenters. The third-order valence-corrected chi connectivity index (χ3v) is 3.74. The number of carbonyl (C=O) groups excluding carboxylic acids is 1. The lowest BCUT2D eigenvalue weighted by Gasteiger charge is -2.06. The van der Waals surface area contributed by atoms with Gasteiger partial charge in [0, 0.05) is 18.7 Å². The molecule has 0 fully saturated rings. The Bertz CT molecular complexity index is 529. The first kappa shape index (κ1) is 15.5.